The minimum atomic E-state index is -0.372. The van der Waals surface area contributed by atoms with E-state index in [0.29, 0.717) is 12.3 Å². The van der Waals surface area contributed by atoms with Gasteiger partial charge in [0.1, 0.15) is 5.65 Å². The Morgan fingerprint density at radius 3 is 2.74 bits per heavy atom. The Hall–Kier alpha value is -2.36. The lowest BCUT2D eigenvalue weighted by atomic mass is 10.1. The van der Waals surface area contributed by atoms with Gasteiger partial charge < -0.3 is 9.14 Å². The van der Waals surface area contributed by atoms with Crippen LogP contribution in [0.5, 0.6) is 0 Å². The molecular weight excluding hydrogens is 288 g/mol. The largest absolute Gasteiger partial charge is 0.461 e. The number of fused-ring (bicyclic) bond motifs is 1. The number of carbonyl (C=O) groups is 1. The molecule has 4 heteroatoms. The lowest BCUT2D eigenvalue weighted by molar-refractivity contribution is 0.0519. The van der Waals surface area contributed by atoms with Gasteiger partial charge in [-0.1, -0.05) is 30.7 Å². The molecule has 0 spiro atoms. The molecule has 0 fully saturated rings. The first-order valence-corrected chi connectivity index (χ1v) is 7.98. The molecule has 122 valence electrons. The molecule has 0 N–H and O–H groups in total. The summed E-state index contributed by atoms with van der Waals surface area (Å²) in [6, 6.07) is 2.03. The summed E-state index contributed by atoms with van der Waals surface area (Å²) in [7, 11) is 0. The first-order chi connectivity index (χ1) is 11.0. The first kappa shape index (κ1) is 17.0. The number of nitrogens with zero attached hydrogens (tertiary/aromatic N) is 2. The van der Waals surface area contributed by atoms with Crippen LogP contribution in [0.3, 0.4) is 0 Å². The van der Waals surface area contributed by atoms with Crippen LogP contribution in [0.15, 0.2) is 30.0 Å². The van der Waals surface area contributed by atoms with Crippen molar-refractivity contribution in [3.05, 3.63) is 52.5 Å². The molecule has 0 aliphatic carbocycles. The van der Waals surface area contributed by atoms with E-state index in [-0.39, 0.29) is 5.97 Å². The predicted octanol–water partition coefficient (Wildman–Crippen LogP) is 4.50. The van der Waals surface area contributed by atoms with Crippen molar-refractivity contribution in [2.24, 2.45) is 0 Å². The Morgan fingerprint density at radius 2 is 2.09 bits per heavy atom. The van der Waals surface area contributed by atoms with Crippen LogP contribution in [0.4, 0.5) is 0 Å². The summed E-state index contributed by atoms with van der Waals surface area (Å²) >= 11 is 0. The minimum absolute atomic E-state index is 0.346. The monoisotopic (exact) mass is 312 g/mol. The van der Waals surface area contributed by atoms with Gasteiger partial charge in [0.05, 0.1) is 12.3 Å². The smallest absolute Gasteiger partial charge is 0.358 e. The van der Waals surface area contributed by atoms with Gasteiger partial charge in [0, 0.05) is 11.8 Å². The number of carbonyl (C=O) groups excluding carboxylic acids is 1. The van der Waals surface area contributed by atoms with E-state index in [2.05, 4.69) is 24.9 Å². The van der Waals surface area contributed by atoms with Crippen molar-refractivity contribution < 1.29 is 9.53 Å². The number of rotatable bonds is 5. The van der Waals surface area contributed by atoms with E-state index in [9.17, 15) is 4.79 Å². The molecule has 0 unspecified atom stereocenters. The molecule has 2 heterocycles. The van der Waals surface area contributed by atoms with Crippen molar-refractivity contribution in [2.45, 2.75) is 41.0 Å². The average molecular weight is 312 g/mol. The van der Waals surface area contributed by atoms with Crippen LogP contribution in [-0.4, -0.2) is 22.0 Å². The summed E-state index contributed by atoms with van der Waals surface area (Å²) in [6.45, 7) is 10.3. The summed E-state index contributed by atoms with van der Waals surface area (Å²) in [4.78, 5) is 16.6. The molecule has 0 bridgehead atoms. The normalized spacial score (nSPS) is 12.3. The Bertz CT molecular complexity index is 782. The minimum Gasteiger partial charge on any atom is -0.461 e. The van der Waals surface area contributed by atoms with E-state index >= 15 is 0 Å². The van der Waals surface area contributed by atoms with Crippen molar-refractivity contribution in [1.82, 2.24) is 9.38 Å². The molecule has 2 aromatic heterocycles. The zero-order chi connectivity index (χ0) is 17.0. The van der Waals surface area contributed by atoms with Gasteiger partial charge >= 0.3 is 5.97 Å². The van der Waals surface area contributed by atoms with Crippen LogP contribution in [0.25, 0.3) is 11.7 Å². The number of aryl methyl sites for hydroxylation is 2. The van der Waals surface area contributed by atoms with Crippen LogP contribution in [0.2, 0.25) is 0 Å². The van der Waals surface area contributed by atoms with E-state index in [1.54, 1.807) is 6.92 Å². The zero-order valence-corrected chi connectivity index (χ0v) is 14.5. The molecule has 0 amide bonds. The second-order valence-electron chi connectivity index (χ2n) is 5.60. The number of esters is 1. The summed E-state index contributed by atoms with van der Waals surface area (Å²) < 4.78 is 7.03. The Balaban J connectivity index is 2.54. The summed E-state index contributed by atoms with van der Waals surface area (Å²) in [5.41, 5.74) is 5.42. The van der Waals surface area contributed by atoms with Crippen molar-refractivity contribution in [2.75, 3.05) is 6.61 Å². The molecule has 0 aromatic carbocycles. The third-order valence-electron chi connectivity index (χ3n) is 3.96. The van der Waals surface area contributed by atoms with E-state index < -0.39 is 0 Å². The summed E-state index contributed by atoms with van der Waals surface area (Å²) in [5.74, 6) is -0.372. The quantitative estimate of drug-likeness (QED) is 0.603. The molecule has 0 aliphatic heterocycles. The van der Waals surface area contributed by atoms with E-state index in [0.717, 1.165) is 28.9 Å². The SMILES string of the molecule is CCOC(=O)c1nc2c(C=CC=C(C)CC)c(C)ccn2c1C. The molecular formula is C19H24N2O2. The maximum Gasteiger partial charge on any atom is 0.358 e. The number of hydrogen-bond donors (Lipinski definition) is 0. The van der Waals surface area contributed by atoms with Gasteiger partial charge in [0.15, 0.2) is 5.69 Å². The number of ether oxygens (including phenoxy) is 1. The molecule has 0 saturated carbocycles. The highest BCUT2D eigenvalue weighted by Crippen LogP contribution is 2.21. The van der Waals surface area contributed by atoms with Crippen LogP contribution in [0.1, 0.15) is 54.5 Å². The van der Waals surface area contributed by atoms with Crippen LogP contribution in [-0.2, 0) is 4.74 Å². The molecule has 0 atom stereocenters. The highest BCUT2D eigenvalue weighted by atomic mass is 16.5. The molecule has 2 aromatic rings. The van der Waals surface area contributed by atoms with E-state index in [1.807, 2.05) is 42.7 Å². The lowest BCUT2D eigenvalue weighted by Gasteiger charge is -2.04. The summed E-state index contributed by atoms with van der Waals surface area (Å²) in [5, 5.41) is 0. The lowest BCUT2D eigenvalue weighted by Crippen LogP contribution is -2.06. The third-order valence-corrected chi connectivity index (χ3v) is 3.96. The third kappa shape index (κ3) is 3.52. The topological polar surface area (TPSA) is 43.6 Å². The van der Waals surface area contributed by atoms with Gasteiger partial charge in [-0.2, -0.15) is 0 Å². The molecule has 23 heavy (non-hydrogen) atoms. The number of allylic oxidation sites excluding steroid dienone is 3. The summed E-state index contributed by atoms with van der Waals surface area (Å²) in [6.07, 6.45) is 9.16. The number of pyridine rings is 1. The Labute approximate surface area is 137 Å². The van der Waals surface area contributed by atoms with Crippen LogP contribution < -0.4 is 0 Å². The fourth-order valence-corrected chi connectivity index (χ4v) is 2.36. The van der Waals surface area contributed by atoms with Gasteiger partial charge in [0.25, 0.3) is 0 Å². The maximum absolute atomic E-state index is 12.0. The fourth-order valence-electron chi connectivity index (χ4n) is 2.36. The van der Waals surface area contributed by atoms with Gasteiger partial charge in [0.2, 0.25) is 0 Å². The van der Waals surface area contributed by atoms with Crippen molar-refractivity contribution >= 4 is 17.7 Å². The van der Waals surface area contributed by atoms with Crippen LogP contribution in [0, 0.1) is 13.8 Å². The second-order valence-corrected chi connectivity index (χ2v) is 5.60. The van der Waals surface area contributed by atoms with Crippen molar-refractivity contribution in [3.8, 4) is 0 Å². The van der Waals surface area contributed by atoms with Crippen LogP contribution >= 0.6 is 0 Å². The van der Waals surface area contributed by atoms with Gasteiger partial charge in [-0.3, -0.25) is 0 Å². The standard InChI is InChI=1S/C19H24N2O2/c1-6-13(3)9-8-10-16-14(4)11-12-21-15(5)17(20-18(16)21)19(22)23-7-2/h8-12H,6-7H2,1-5H3. The Kier molecular flexibility index (Phi) is 5.37. The highest BCUT2D eigenvalue weighted by molar-refractivity contribution is 5.90. The molecule has 0 saturated heterocycles. The van der Waals surface area contributed by atoms with Crippen molar-refractivity contribution in [3.63, 3.8) is 0 Å². The predicted molar refractivity (Wildman–Crippen MR) is 93.7 cm³/mol. The van der Waals surface area contributed by atoms with E-state index in [4.69, 9.17) is 4.74 Å². The van der Waals surface area contributed by atoms with Gasteiger partial charge in [-0.25, -0.2) is 9.78 Å². The van der Waals surface area contributed by atoms with Crippen molar-refractivity contribution in [1.29, 1.82) is 0 Å². The molecule has 0 aliphatic rings. The molecule has 0 radical (unpaired) electrons. The fraction of sp³-hybridized carbons (Fsp3) is 0.368. The van der Waals surface area contributed by atoms with Gasteiger partial charge in [-0.05, 0) is 45.7 Å². The first-order valence-electron chi connectivity index (χ1n) is 7.98. The zero-order valence-electron chi connectivity index (χ0n) is 14.5. The average Bonchev–Trinajstić information content (AvgIpc) is 2.86. The van der Waals surface area contributed by atoms with Gasteiger partial charge in [-0.15, -0.1) is 0 Å². The Morgan fingerprint density at radius 1 is 1.35 bits per heavy atom. The number of imidazole rings is 1. The number of hydrogen-bond acceptors (Lipinski definition) is 3. The molecule has 2 rings (SSSR count). The number of aromatic nitrogens is 2. The van der Waals surface area contributed by atoms with E-state index in [1.165, 1.54) is 5.57 Å². The molecule has 4 nitrogen and oxygen atoms in total. The maximum atomic E-state index is 12.0. The second kappa shape index (κ2) is 7.27. The highest BCUT2D eigenvalue weighted by Gasteiger charge is 2.18.